The summed E-state index contributed by atoms with van der Waals surface area (Å²) in [4.78, 5) is -1.64. The molecule has 1 heterocycles. The fraction of sp³-hybridized carbons (Fsp3) is 0.250. The maximum atomic E-state index is 14.1. The largest absolute Gasteiger partial charge is 0.279 e. The van der Waals surface area contributed by atoms with Crippen molar-refractivity contribution in [1.29, 1.82) is 0 Å². The normalized spacial score (nSPS) is 15.7. The van der Waals surface area contributed by atoms with Gasteiger partial charge < -0.3 is 0 Å². The Bertz CT molecular complexity index is 1130. The second-order valence-electron chi connectivity index (χ2n) is 6.04. The Morgan fingerprint density at radius 1 is 0.964 bits per heavy atom. The second kappa shape index (κ2) is 7.54. The zero-order chi connectivity index (χ0) is 20.7. The van der Waals surface area contributed by atoms with Crippen molar-refractivity contribution in [3.05, 3.63) is 52.8 Å². The van der Waals surface area contributed by atoms with Gasteiger partial charge in [-0.1, -0.05) is 17.7 Å². The minimum absolute atomic E-state index is 0.147. The minimum Gasteiger partial charge on any atom is -0.279 e. The molecular weight excluding hydrogens is 441 g/mol. The summed E-state index contributed by atoms with van der Waals surface area (Å²) >= 11 is 5.33. The van der Waals surface area contributed by atoms with Crippen LogP contribution < -0.4 is 4.72 Å². The average Bonchev–Trinajstić information content (AvgIpc) is 3.15. The van der Waals surface area contributed by atoms with Crippen molar-refractivity contribution in [2.75, 3.05) is 17.8 Å². The van der Waals surface area contributed by atoms with Gasteiger partial charge in [0, 0.05) is 19.2 Å². The molecule has 0 saturated carbocycles. The first-order chi connectivity index (χ1) is 13.0. The monoisotopic (exact) mass is 454 g/mol. The van der Waals surface area contributed by atoms with Gasteiger partial charge in [0.05, 0.1) is 10.6 Å². The van der Waals surface area contributed by atoms with Crippen LogP contribution in [0.4, 0.5) is 18.9 Å². The molecule has 0 amide bonds. The van der Waals surface area contributed by atoms with Crippen molar-refractivity contribution in [3.8, 4) is 0 Å². The Labute approximate surface area is 165 Å². The third-order valence-corrected chi connectivity index (χ3v) is 7.79. The van der Waals surface area contributed by atoms with E-state index in [-0.39, 0.29) is 16.6 Å². The highest BCUT2D eigenvalue weighted by Crippen LogP contribution is 2.30. The van der Waals surface area contributed by atoms with Gasteiger partial charge in [-0.2, -0.15) is 4.31 Å². The summed E-state index contributed by atoms with van der Waals surface area (Å²) in [5, 5.41) is -1.17. The molecule has 0 atom stereocenters. The molecule has 1 N–H and O–H groups in total. The van der Waals surface area contributed by atoms with E-state index in [0.29, 0.717) is 13.1 Å². The van der Waals surface area contributed by atoms with E-state index in [4.69, 9.17) is 11.6 Å². The fourth-order valence-corrected chi connectivity index (χ4v) is 5.76. The van der Waals surface area contributed by atoms with E-state index >= 15 is 0 Å². The van der Waals surface area contributed by atoms with Gasteiger partial charge in [-0.15, -0.1) is 0 Å². The molecule has 12 heteroatoms. The molecule has 2 aromatic carbocycles. The van der Waals surface area contributed by atoms with Crippen LogP contribution in [-0.2, 0) is 20.0 Å². The quantitative estimate of drug-likeness (QED) is 0.554. The number of benzene rings is 2. The molecule has 1 saturated heterocycles. The fourth-order valence-electron chi connectivity index (χ4n) is 2.80. The average molecular weight is 455 g/mol. The molecule has 0 aromatic heterocycles. The van der Waals surface area contributed by atoms with Crippen molar-refractivity contribution in [2.45, 2.75) is 22.6 Å². The van der Waals surface area contributed by atoms with Crippen molar-refractivity contribution in [2.24, 2.45) is 0 Å². The SMILES string of the molecule is O=S(=O)(Nc1cccc(S(=O)(=O)N2CCCC2)c1)c1c(F)cc(F)c(Cl)c1F. The lowest BCUT2D eigenvalue weighted by molar-refractivity contribution is 0.477. The smallest absolute Gasteiger partial charge is 0.267 e. The molecule has 1 aliphatic heterocycles. The summed E-state index contributed by atoms with van der Waals surface area (Å²) in [6.45, 7) is 0.700. The molecule has 0 spiro atoms. The highest BCUT2D eigenvalue weighted by molar-refractivity contribution is 7.92. The molecule has 0 aliphatic carbocycles. The van der Waals surface area contributed by atoms with Crippen molar-refractivity contribution in [1.82, 2.24) is 4.31 Å². The van der Waals surface area contributed by atoms with Crippen LogP contribution in [0, 0.1) is 17.5 Å². The van der Waals surface area contributed by atoms with E-state index in [1.165, 1.54) is 22.5 Å². The predicted octanol–water partition coefficient (Wildman–Crippen LogP) is 3.34. The van der Waals surface area contributed by atoms with Crippen LogP contribution in [0.3, 0.4) is 0 Å². The van der Waals surface area contributed by atoms with Gasteiger partial charge >= 0.3 is 0 Å². The number of halogens is 4. The Morgan fingerprint density at radius 2 is 1.61 bits per heavy atom. The molecule has 3 rings (SSSR count). The van der Waals surface area contributed by atoms with E-state index < -0.39 is 47.4 Å². The van der Waals surface area contributed by atoms with E-state index in [1.54, 1.807) is 0 Å². The number of nitrogens with zero attached hydrogens (tertiary/aromatic N) is 1. The van der Waals surface area contributed by atoms with Crippen molar-refractivity contribution < 1.29 is 30.0 Å². The summed E-state index contributed by atoms with van der Waals surface area (Å²) in [6, 6.07) is 4.95. The van der Waals surface area contributed by atoms with Crippen LogP contribution in [0.25, 0.3) is 0 Å². The summed E-state index contributed by atoms with van der Waals surface area (Å²) in [6.07, 6.45) is 1.44. The lowest BCUT2D eigenvalue weighted by Crippen LogP contribution is -2.28. The summed E-state index contributed by atoms with van der Waals surface area (Å²) in [5.41, 5.74) is -0.237. The standard InChI is InChI=1S/C16H14ClF3N2O4S2/c17-14-12(18)9-13(19)16(15(14)20)27(23,24)21-10-4-3-5-11(8-10)28(25,26)22-6-1-2-7-22/h3-5,8-9,21H,1-2,6-7H2. The molecule has 1 fully saturated rings. The predicted molar refractivity (Wildman–Crippen MR) is 96.6 cm³/mol. The molecule has 0 unspecified atom stereocenters. The van der Waals surface area contributed by atoms with Gasteiger partial charge in [-0.25, -0.2) is 30.0 Å². The maximum Gasteiger partial charge on any atom is 0.267 e. The van der Waals surface area contributed by atoms with E-state index in [1.807, 2.05) is 4.72 Å². The van der Waals surface area contributed by atoms with Gasteiger partial charge in [-0.3, -0.25) is 4.72 Å². The van der Waals surface area contributed by atoms with Gasteiger partial charge in [0.25, 0.3) is 10.0 Å². The Balaban J connectivity index is 1.98. The Hall–Kier alpha value is -1.82. The third-order valence-electron chi connectivity index (χ3n) is 4.13. The third kappa shape index (κ3) is 3.84. The van der Waals surface area contributed by atoms with E-state index in [9.17, 15) is 30.0 Å². The van der Waals surface area contributed by atoms with Crippen LogP contribution in [0.1, 0.15) is 12.8 Å². The Kier molecular flexibility index (Phi) is 5.63. The maximum absolute atomic E-state index is 14.1. The number of hydrogen-bond donors (Lipinski definition) is 1. The lowest BCUT2D eigenvalue weighted by Gasteiger charge is -2.16. The first-order valence-electron chi connectivity index (χ1n) is 8.00. The van der Waals surface area contributed by atoms with Crippen LogP contribution in [0.15, 0.2) is 40.1 Å². The van der Waals surface area contributed by atoms with Crippen LogP contribution in [0.5, 0.6) is 0 Å². The molecule has 0 bridgehead atoms. The lowest BCUT2D eigenvalue weighted by atomic mass is 10.3. The first-order valence-corrected chi connectivity index (χ1v) is 11.3. The zero-order valence-corrected chi connectivity index (χ0v) is 16.5. The minimum atomic E-state index is -4.85. The molecule has 28 heavy (non-hydrogen) atoms. The molecule has 2 aromatic rings. The van der Waals surface area contributed by atoms with Crippen LogP contribution in [-0.4, -0.2) is 34.2 Å². The number of hydrogen-bond acceptors (Lipinski definition) is 4. The van der Waals surface area contributed by atoms with Gasteiger partial charge in [0.15, 0.2) is 10.7 Å². The number of nitrogens with one attached hydrogen (secondary N) is 1. The van der Waals surface area contributed by atoms with Crippen molar-refractivity contribution in [3.63, 3.8) is 0 Å². The zero-order valence-electron chi connectivity index (χ0n) is 14.1. The highest BCUT2D eigenvalue weighted by atomic mass is 35.5. The van der Waals surface area contributed by atoms with Gasteiger partial charge in [0.2, 0.25) is 10.0 Å². The second-order valence-corrected chi connectivity index (χ2v) is 9.98. The molecule has 152 valence electrons. The molecule has 6 nitrogen and oxygen atoms in total. The first kappa shape index (κ1) is 20.9. The Morgan fingerprint density at radius 3 is 2.25 bits per heavy atom. The summed E-state index contributed by atoms with van der Waals surface area (Å²) < 4.78 is 94.3. The van der Waals surface area contributed by atoms with Crippen molar-refractivity contribution >= 4 is 37.3 Å². The van der Waals surface area contributed by atoms with Gasteiger partial charge in [0.1, 0.15) is 16.7 Å². The summed E-state index contributed by atoms with van der Waals surface area (Å²) in [5.74, 6) is -4.91. The number of anilines is 1. The summed E-state index contributed by atoms with van der Waals surface area (Å²) in [7, 11) is -8.69. The molecular formula is C16H14ClF3N2O4S2. The number of sulfonamides is 2. The van der Waals surface area contributed by atoms with Crippen LogP contribution in [0.2, 0.25) is 5.02 Å². The van der Waals surface area contributed by atoms with E-state index in [2.05, 4.69) is 0 Å². The van der Waals surface area contributed by atoms with Crippen LogP contribution >= 0.6 is 11.6 Å². The topological polar surface area (TPSA) is 83.5 Å². The molecule has 0 radical (unpaired) electrons. The van der Waals surface area contributed by atoms with E-state index in [0.717, 1.165) is 18.9 Å². The number of rotatable bonds is 5. The molecule has 1 aliphatic rings. The highest BCUT2D eigenvalue weighted by Gasteiger charge is 2.30. The van der Waals surface area contributed by atoms with Gasteiger partial charge in [-0.05, 0) is 31.0 Å².